The standard InChI is InChI=1S/C20H17Cl2N3O3/c21-15-6-5-14(11-16(15)22)25-19(26)17(12-1-3-13(23)4-2-12)18(20(25)27)24-7-9-28-10-8-24/h1-6,11H,7-10,23H2. The van der Waals surface area contributed by atoms with E-state index in [4.69, 9.17) is 33.7 Å². The zero-order valence-electron chi connectivity index (χ0n) is 14.8. The van der Waals surface area contributed by atoms with Crippen LogP contribution >= 0.6 is 23.2 Å². The molecule has 8 heteroatoms. The average molecular weight is 418 g/mol. The molecule has 0 spiro atoms. The van der Waals surface area contributed by atoms with E-state index in [1.807, 2.05) is 4.90 Å². The van der Waals surface area contributed by atoms with Crippen LogP contribution in [0.2, 0.25) is 10.0 Å². The number of carbonyl (C=O) groups excluding carboxylic acids is 2. The summed E-state index contributed by atoms with van der Waals surface area (Å²) in [6.45, 7) is 2.05. The molecule has 0 aromatic heterocycles. The Labute approximate surface area is 172 Å². The first-order chi connectivity index (χ1) is 13.5. The topological polar surface area (TPSA) is 75.9 Å². The summed E-state index contributed by atoms with van der Waals surface area (Å²) >= 11 is 12.1. The highest BCUT2D eigenvalue weighted by Gasteiger charge is 2.42. The van der Waals surface area contributed by atoms with Gasteiger partial charge in [-0.15, -0.1) is 0 Å². The van der Waals surface area contributed by atoms with Gasteiger partial charge in [0.15, 0.2) is 0 Å². The molecule has 2 N–H and O–H groups in total. The minimum absolute atomic E-state index is 0.272. The van der Waals surface area contributed by atoms with Gasteiger partial charge in [-0.05, 0) is 35.9 Å². The Kier molecular flexibility index (Phi) is 5.02. The summed E-state index contributed by atoms with van der Waals surface area (Å²) in [5.41, 5.74) is 8.08. The second-order valence-corrected chi connectivity index (χ2v) is 7.30. The SMILES string of the molecule is Nc1ccc(C2=C(N3CCOCC3)C(=O)N(c3ccc(Cl)c(Cl)c3)C2=O)cc1. The summed E-state index contributed by atoms with van der Waals surface area (Å²) in [5.74, 6) is -0.799. The molecule has 2 amide bonds. The predicted octanol–water partition coefficient (Wildman–Crippen LogP) is 3.19. The molecule has 1 saturated heterocycles. The van der Waals surface area contributed by atoms with Crippen LogP contribution in [0, 0.1) is 0 Å². The predicted molar refractivity (Wildman–Crippen MR) is 109 cm³/mol. The quantitative estimate of drug-likeness (QED) is 0.612. The molecule has 0 aliphatic carbocycles. The number of benzene rings is 2. The second-order valence-electron chi connectivity index (χ2n) is 6.49. The molecule has 0 radical (unpaired) electrons. The van der Waals surface area contributed by atoms with Crippen molar-refractivity contribution >= 4 is 52.0 Å². The maximum atomic E-state index is 13.3. The molecule has 0 saturated carbocycles. The summed E-state index contributed by atoms with van der Waals surface area (Å²) < 4.78 is 5.40. The first kappa shape index (κ1) is 18.8. The van der Waals surface area contributed by atoms with E-state index in [-0.39, 0.29) is 5.02 Å². The van der Waals surface area contributed by atoms with Gasteiger partial charge in [-0.25, -0.2) is 4.90 Å². The van der Waals surface area contributed by atoms with E-state index in [1.54, 1.807) is 36.4 Å². The normalized spacial score (nSPS) is 17.6. The maximum absolute atomic E-state index is 13.3. The number of carbonyl (C=O) groups is 2. The van der Waals surface area contributed by atoms with E-state index in [2.05, 4.69) is 0 Å². The lowest BCUT2D eigenvalue weighted by Crippen LogP contribution is -2.40. The zero-order chi connectivity index (χ0) is 19.8. The number of imide groups is 1. The van der Waals surface area contributed by atoms with Crippen molar-refractivity contribution < 1.29 is 14.3 Å². The molecule has 0 bridgehead atoms. The first-order valence-corrected chi connectivity index (χ1v) is 9.49. The molecule has 4 rings (SSSR count). The van der Waals surface area contributed by atoms with E-state index in [1.165, 1.54) is 6.07 Å². The number of hydrogen-bond donors (Lipinski definition) is 1. The van der Waals surface area contributed by atoms with E-state index in [9.17, 15) is 9.59 Å². The highest BCUT2D eigenvalue weighted by Crippen LogP contribution is 2.37. The third-order valence-electron chi connectivity index (χ3n) is 4.75. The molecular formula is C20H17Cl2N3O3. The highest BCUT2D eigenvalue weighted by molar-refractivity contribution is 6.46. The minimum atomic E-state index is -0.408. The van der Waals surface area contributed by atoms with Crippen LogP contribution in [0.3, 0.4) is 0 Å². The summed E-state index contributed by atoms with van der Waals surface area (Å²) in [6.07, 6.45) is 0. The number of anilines is 2. The molecule has 144 valence electrons. The smallest absolute Gasteiger partial charge is 0.282 e. The maximum Gasteiger partial charge on any atom is 0.282 e. The fourth-order valence-corrected chi connectivity index (χ4v) is 3.66. The molecule has 6 nitrogen and oxygen atoms in total. The molecule has 0 unspecified atom stereocenters. The van der Waals surface area contributed by atoms with Crippen molar-refractivity contribution in [1.82, 2.24) is 4.90 Å². The van der Waals surface area contributed by atoms with Gasteiger partial charge in [0.1, 0.15) is 5.70 Å². The number of hydrogen-bond acceptors (Lipinski definition) is 5. The van der Waals surface area contributed by atoms with Crippen LogP contribution in [0.1, 0.15) is 5.56 Å². The number of nitrogens with two attached hydrogens (primary N) is 1. The zero-order valence-corrected chi connectivity index (χ0v) is 16.3. The summed E-state index contributed by atoms with van der Waals surface area (Å²) in [4.78, 5) is 29.7. The van der Waals surface area contributed by atoms with Gasteiger partial charge in [0.05, 0.1) is 34.5 Å². The van der Waals surface area contributed by atoms with Crippen molar-refractivity contribution in [3.05, 3.63) is 63.8 Å². The Balaban J connectivity index is 1.82. The third kappa shape index (κ3) is 3.24. The van der Waals surface area contributed by atoms with Crippen LogP contribution in [0.25, 0.3) is 5.57 Å². The van der Waals surface area contributed by atoms with Crippen molar-refractivity contribution in [2.45, 2.75) is 0 Å². The van der Waals surface area contributed by atoms with Crippen LogP contribution in [0.15, 0.2) is 48.2 Å². The molecule has 28 heavy (non-hydrogen) atoms. The monoisotopic (exact) mass is 417 g/mol. The van der Waals surface area contributed by atoms with Crippen LogP contribution in [0.5, 0.6) is 0 Å². The molecule has 2 aromatic carbocycles. The van der Waals surface area contributed by atoms with E-state index in [0.717, 1.165) is 4.90 Å². The number of halogens is 2. The fraction of sp³-hybridized carbons (Fsp3) is 0.200. The average Bonchev–Trinajstić information content (AvgIpc) is 2.96. The van der Waals surface area contributed by atoms with Gasteiger partial charge in [0.25, 0.3) is 11.8 Å². The van der Waals surface area contributed by atoms with Gasteiger partial charge in [-0.1, -0.05) is 35.3 Å². The van der Waals surface area contributed by atoms with Crippen LogP contribution in [-0.4, -0.2) is 43.0 Å². The van der Waals surface area contributed by atoms with Gasteiger partial charge in [0, 0.05) is 18.8 Å². The van der Waals surface area contributed by atoms with E-state index >= 15 is 0 Å². The third-order valence-corrected chi connectivity index (χ3v) is 5.49. The molecular weight excluding hydrogens is 401 g/mol. The number of morpholine rings is 1. The Morgan fingerprint density at radius 3 is 2.21 bits per heavy atom. The molecule has 2 aliphatic rings. The summed E-state index contributed by atoms with van der Waals surface area (Å²) in [5, 5.41) is 0.623. The van der Waals surface area contributed by atoms with Gasteiger partial charge in [-0.3, -0.25) is 9.59 Å². The lowest BCUT2D eigenvalue weighted by molar-refractivity contribution is -0.121. The molecule has 0 atom stereocenters. The van der Waals surface area contributed by atoms with Crippen molar-refractivity contribution in [3.8, 4) is 0 Å². The minimum Gasteiger partial charge on any atom is -0.399 e. The Morgan fingerprint density at radius 1 is 0.893 bits per heavy atom. The summed E-state index contributed by atoms with van der Waals surface area (Å²) in [6, 6.07) is 11.6. The van der Waals surface area contributed by atoms with Crippen molar-refractivity contribution in [2.75, 3.05) is 36.9 Å². The highest BCUT2D eigenvalue weighted by atomic mass is 35.5. The van der Waals surface area contributed by atoms with Gasteiger partial charge in [-0.2, -0.15) is 0 Å². The van der Waals surface area contributed by atoms with Crippen molar-refractivity contribution in [1.29, 1.82) is 0 Å². The van der Waals surface area contributed by atoms with Crippen LogP contribution < -0.4 is 10.6 Å². The summed E-state index contributed by atoms with van der Waals surface area (Å²) in [7, 11) is 0. The van der Waals surface area contributed by atoms with E-state index < -0.39 is 11.8 Å². The van der Waals surface area contributed by atoms with Crippen molar-refractivity contribution in [2.24, 2.45) is 0 Å². The Bertz CT molecular complexity index is 983. The van der Waals surface area contributed by atoms with Gasteiger partial charge < -0.3 is 15.4 Å². The second kappa shape index (κ2) is 7.47. The molecule has 2 aromatic rings. The van der Waals surface area contributed by atoms with Gasteiger partial charge in [0.2, 0.25) is 0 Å². The van der Waals surface area contributed by atoms with Crippen LogP contribution in [-0.2, 0) is 14.3 Å². The largest absolute Gasteiger partial charge is 0.399 e. The molecule has 2 aliphatic heterocycles. The number of amides is 2. The number of rotatable bonds is 3. The Morgan fingerprint density at radius 2 is 1.57 bits per heavy atom. The van der Waals surface area contributed by atoms with Crippen molar-refractivity contribution in [3.63, 3.8) is 0 Å². The first-order valence-electron chi connectivity index (χ1n) is 8.74. The lowest BCUT2D eigenvalue weighted by atomic mass is 10.0. The van der Waals surface area contributed by atoms with E-state index in [0.29, 0.717) is 59.5 Å². The number of nitrogens with zero attached hydrogens (tertiary/aromatic N) is 2. The van der Waals surface area contributed by atoms with Crippen LogP contribution in [0.4, 0.5) is 11.4 Å². The number of ether oxygens (including phenoxy) is 1. The molecule has 1 fully saturated rings. The Hall–Kier alpha value is -2.54. The fourth-order valence-electron chi connectivity index (χ4n) is 3.37. The molecule has 2 heterocycles. The lowest BCUT2D eigenvalue weighted by Gasteiger charge is -2.29. The van der Waals surface area contributed by atoms with Gasteiger partial charge >= 0.3 is 0 Å². The number of nitrogen functional groups attached to an aromatic ring is 1.